The van der Waals surface area contributed by atoms with Crippen LogP contribution in [-0.2, 0) is 10.1 Å². The van der Waals surface area contributed by atoms with Crippen LogP contribution in [0.5, 0.6) is 0 Å². The molecule has 1 aromatic rings. The molecule has 7 heteroatoms. The molecule has 0 aliphatic heterocycles. The van der Waals surface area contributed by atoms with Crippen LogP contribution < -0.4 is 0 Å². The normalized spacial score (nSPS) is 12.2. The molecular weight excluding hydrogens is 260 g/mol. The van der Waals surface area contributed by atoms with Gasteiger partial charge in [-0.05, 0) is 18.2 Å². The number of halogens is 1. The summed E-state index contributed by atoms with van der Waals surface area (Å²) in [6, 6.07) is 5.49. The fourth-order valence-corrected chi connectivity index (χ4v) is 1.45. The molecule has 0 heterocycles. The highest BCUT2D eigenvalue weighted by Gasteiger charge is 2.08. The van der Waals surface area contributed by atoms with E-state index < -0.39 is 10.1 Å². The molecule has 0 radical (unpaired) electrons. The van der Waals surface area contributed by atoms with Gasteiger partial charge in [-0.2, -0.15) is 8.42 Å². The quantitative estimate of drug-likeness (QED) is 0.658. The van der Waals surface area contributed by atoms with Gasteiger partial charge in [-0.25, -0.2) is 0 Å². The molecule has 0 unspecified atom stereocenters. The van der Waals surface area contributed by atoms with E-state index in [1.54, 1.807) is 6.07 Å². The van der Waals surface area contributed by atoms with Gasteiger partial charge in [-0.3, -0.25) is 4.55 Å². The van der Waals surface area contributed by atoms with Gasteiger partial charge in [0.05, 0.1) is 10.6 Å². The van der Waals surface area contributed by atoms with Gasteiger partial charge in [0.25, 0.3) is 10.1 Å². The predicted molar refractivity (Wildman–Crippen MR) is 49.7 cm³/mol. The summed E-state index contributed by atoms with van der Waals surface area (Å²) in [5.74, 6) is 0. The van der Waals surface area contributed by atoms with E-state index in [0.29, 0.717) is 5.69 Å². The van der Waals surface area contributed by atoms with Crippen LogP contribution in [0.4, 0.5) is 5.69 Å². The Morgan fingerprint density at radius 3 is 2.62 bits per heavy atom. The number of rotatable bonds is 2. The van der Waals surface area contributed by atoms with Crippen molar-refractivity contribution in [2.45, 2.75) is 4.90 Å². The summed E-state index contributed by atoms with van der Waals surface area (Å²) in [6.07, 6.45) is 0. The van der Waals surface area contributed by atoms with E-state index in [1.165, 1.54) is 18.2 Å². The molecule has 0 amide bonds. The number of hydrogen-bond donors (Lipinski definition) is 1. The zero-order chi connectivity index (χ0) is 9.90. The van der Waals surface area contributed by atoms with Crippen molar-refractivity contribution in [3.8, 4) is 0 Å². The first kappa shape index (κ1) is 10.3. The third-order valence-corrected chi connectivity index (χ3v) is 2.28. The molecule has 13 heavy (non-hydrogen) atoms. The van der Waals surface area contributed by atoms with Crippen molar-refractivity contribution in [2.24, 2.45) is 9.25 Å². The first-order chi connectivity index (χ1) is 6.04. The van der Waals surface area contributed by atoms with Gasteiger partial charge in [-0.15, -0.1) is 9.25 Å². The van der Waals surface area contributed by atoms with Crippen molar-refractivity contribution >= 4 is 32.0 Å². The highest BCUT2D eigenvalue weighted by Crippen LogP contribution is 2.18. The van der Waals surface area contributed by atoms with E-state index in [9.17, 15) is 8.42 Å². The second-order valence-electron chi connectivity index (χ2n) is 2.15. The van der Waals surface area contributed by atoms with Crippen molar-refractivity contribution in [3.05, 3.63) is 24.3 Å². The Kier molecular flexibility index (Phi) is 3.12. The van der Waals surface area contributed by atoms with E-state index in [0.717, 1.165) is 0 Å². The fraction of sp³-hybridized carbons (Fsp3) is 0. The zero-order valence-electron chi connectivity index (χ0n) is 6.25. The smallest absolute Gasteiger partial charge is 0.282 e. The molecule has 1 N–H and O–H groups in total. The van der Waals surface area contributed by atoms with Crippen molar-refractivity contribution in [3.63, 3.8) is 0 Å². The Morgan fingerprint density at radius 2 is 2.08 bits per heavy atom. The van der Waals surface area contributed by atoms with E-state index in [4.69, 9.17) is 4.55 Å². The molecule has 0 aliphatic rings. The molecule has 5 nitrogen and oxygen atoms in total. The number of nitrogens with zero attached hydrogens (tertiary/aromatic N) is 2. The molecular formula is C6H5BrN2O3S. The van der Waals surface area contributed by atoms with E-state index in [2.05, 4.69) is 25.4 Å². The molecule has 1 rings (SSSR count). The molecule has 0 spiro atoms. The van der Waals surface area contributed by atoms with Crippen LogP contribution >= 0.6 is 16.1 Å². The number of hydrogen-bond acceptors (Lipinski definition) is 4. The van der Waals surface area contributed by atoms with Gasteiger partial charge in [0.1, 0.15) is 16.1 Å². The van der Waals surface area contributed by atoms with Crippen LogP contribution in [0.25, 0.3) is 0 Å². The average molecular weight is 265 g/mol. The maximum atomic E-state index is 10.7. The van der Waals surface area contributed by atoms with E-state index >= 15 is 0 Å². The molecule has 0 aliphatic carbocycles. The lowest BCUT2D eigenvalue weighted by Crippen LogP contribution is -1.96. The monoisotopic (exact) mass is 264 g/mol. The van der Waals surface area contributed by atoms with Crippen molar-refractivity contribution in [1.29, 1.82) is 0 Å². The van der Waals surface area contributed by atoms with E-state index in [-0.39, 0.29) is 4.90 Å². The summed E-state index contributed by atoms with van der Waals surface area (Å²) in [5, 5.41) is 3.55. The van der Waals surface area contributed by atoms with Gasteiger partial charge in [0, 0.05) is 0 Å². The third kappa shape index (κ3) is 2.87. The van der Waals surface area contributed by atoms with Crippen LogP contribution in [0.3, 0.4) is 0 Å². The summed E-state index contributed by atoms with van der Waals surface area (Å²) < 4.78 is 33.3. The van der Waals surface area contributed by atoms with Gasteiger partial charge >= 0.3 is 0 Å². The van der Waals surface area contributed by atoms with Crippen molar-refractivity contribution in [1.82, 2.24) is 0 Å². The van der Waals surface area contributed by atoms with Crippen molar-refractivity contribution in [2.75, 3.05) is 0 Å². The van der Waals surface area contributed by atoms with Gasteiger partial charge in [0.2, 0.25) is 0 Å². The molecule has 0 saturated heterocycles. The summed E-state index contributed by atoms with van der Waals surface area (Å²) in [7, 11) is -4.16. The summed E-state index contributed by atoms with van der Waals surface area (Å²) in [4.78, 5) is -0.204. The predicted octanol–water partition coefficient (Wildman–Crippen LogP) is 2.33. The first-order valence-corrected chi connectivity index (χ1v) is 5.28. The molecule has 0 aromatic heterocycles. The standard InChI is InChI=1S/C6H5BrN2O3S/c7-9-8-5-2-1-3-6(4-5)13(10,11)12/h1-4H,(H,10,11,12). The van der Waals surface area contributed by atoms with Gasteiger partial charge in [-0.1, -0.05) is 6.07 Å². The van der Waals surface area contributed by atoms with E-state index in [1.807, 2.05) is 0 Å². The minimum atomic E-state index is -4.16. The Balaban J connectivity index is 3.21. The molecule has 0 atom stereocenters. The minimum Gasteiger partial charge on any atom is -0.282 e. The number of benzene rings is 1. The fourth-order valence-electron chi connectivity index (χ4n) is 0.750. The lowest BCUT2D eigenvalue weighted by atomic mass is 10.3. The molecule has 70 valence electrons. The highest BCUT2D eigenvalue weighted by molar-refractivity contribution is 9.08. The maximum Gasteiger partial charge on any atom is 0.294 e. The highest BCUT2D eigenvalue weighted by atomic mass is 79.9. The van der Waals surface area contributed by atoms with Crippen LogP contribution in [0, 0.1) is 0 Å². The van der Waals surface area contributed by atoms with Gasteiger partial charge < -0.3 is 0 Å². The van der Waals surface area contributed by atoms with Gasteiger partial charge in [0.15, 0.2) is 0 Å². The SMILES string of the molecule is O=S(=O)(O)c1cccc(N=NBr)c1. The Bertz CT molecular complexity index is 429. The minimum absolute atomic E-state index is 0.204. The second kappa shape index (κ2) is 3.95. The maximum absolute atomic E-state index is 10.7. The molecule has 0 fully saturated rings. The molecule has 0 bridgehead atoms. The largest absolute Gasteiger partial charge is 0.294 e. The third-order valence-electron chi connectivity index (χ3n) is 1.27. The lowest BCUT2D eigenvalue weighted by Gasteiger charge is -1.96. The molecule has 0 saturated carbocycles. The lowest BCUT2D eigenvalue weighted by molar-refractivity contribution is 0.483. The average Bonchev–Trinajstić information content (AvgIpc) is 2.04. The zero-order valence-corrected chi connectivity index (χ0v) is 8.66. The Labute approximate surface area is 83.6 Å². The second-order valence-corrected chi connectivity index (χ2v) is 3.89. The van der Waals surface area contributed by atoms with Crippen molar-refractivity contribution < 1.29 is 13.0 Å². The van der Waals surface area contributed by atoms with Crippen LogP contribution in [0.2, 0.25) is 0 Å². The first-order valence-electron chi connectivity index (χ1n) is 3.13. The Hall–Kier alpha value is -0.790. The molecule has 1 aromatic carbocycles. The summed E-state index contributed by atoms with van der Waals surface area (Å²) in [5.41, 5.74) is 0.340. The summed E-state index contributed by atoms with van der Waals surface area (Å²) >= 11 is 2.71. The Morgan fingerprint density at radius 1 is 1.38 bits per heavy atom. The summed E-state index contributed by atoms with van der Waals surface area (Å²) in [6.45, 7) is 0. The topological polar surface area (TPSA) is 79.1 Å². The van der Waals surface area contributed by atoms with Crippen LogP contribution in [0.1, 0.15) is 0 Å². The van der Waals surface area contributed by atoms with Crippen LogP contribution in [-0.4, -0.2) is 13.0 Å². The van der Waals surface area contributed by atoms with Crippen LogP contribution in [0.15, 0.2) is 38.4 Å².